The molecule has 7 nitrogen and oxygen atoms in total. The molecule has 1 aliphatic heterocycles. The number of hydrazine groups is 1. The molecule has 1 aromatic heterocycles. The number of fused-ring (bicyclic) bond motifs is 1. The average molecular weight is 275 g/mol. The number of carbonyl (C=O) groups is 1. The van der Waals surface area contributed by atoms with Gasteiger partial charge in [-0.3, -0.25) is 14.9 Å². The van der Waals surface area contributed by atoms with E-state index in [9.17, 15) is 4.79 Å². The smallest absolute Gasteiger partial charge is 0.268 e. The van der Waals surface area contributed by atoms with Crippen LogP contribution in [0.4, 0.5) is 0 Å². The van der Waals surface area contributed by atoms with Crippen LogP contribution in [0.3, 0.4) is 0 Å². The van der Waals surface area contributed by atoms with Crippen LogP contribution in [-0.4, -0.2) is 64.2 Å². The Hall–Kier alpha value is -1.99. The molecule has 0 bridgehead atoms. The number of nitrogens with one attached hydrogen (secondary N) is 1. The molecule has 1 aromatic carbocycles. The van der Waals surface area contributed by atoms with Gasteiger partial charge < -0.3 is 4.74 Å². The van der Waals surface area contributed by atoms with Gasteiger partial charge in [-0.05, 0) is 25.1 Å². The summed E-state index contributed by atoms with van der Waals surface area (Å²) in [7, 11) is 0. The van der Waals surface area contributed by atoms with Crippen LogP contribution in [0.15, 0.2) is 18.2 Å². The Labute approximate surface area is 116 Å². The second kappa shape index (κ2) is 5.56. The summed E-state index contributed by atoms with van der Waals surface area (Å²) in [6, 6.07) is 5.40. The zero-order chi connectivity index (χ0) is 13.9. The SMILES string of the molecule is CCN(C(=O)c1ccc2[nH]nnc2c1)N1CCOCC1. The molecule has 0 spiro atoms. The van der Waals surface area contributed by atoms with Gasteiger partial charge in [0, 0.05) is 25.2 Å². The number of carbonyl (C=O) groups excluding carboxylic acids is 1. The maximum absolute atomic E-state index is 12.6. The monoisotopic (exact) mass is 275 g/mol. The molecule has 2 aromatic rings. The van der Waals surface area contributed by atoms with Gasteiger partial charge in [0.1, 0.15) is 5.52 Å². The summed E-state index contributed by atoms with van der Waals surface area (Å²) in [5, 5.41) is 14.3. The van der Waals surface area contributed by atoms with Crippen molar-refractivity contribution in [2.75, 3.05) is 32.8 Å². The maximum atomic E-state index is 12.6. The highest BCUT2D eigenvalue weighted by molar-refractivity contribution is 5.96. The number of H-pyrrole nitrogens is 1. The normalized spacial score (nSPS) is 16.4. The molecule has 1 N–H and O–H groups in total. The number of hydrogen-bond donors (Lipinski definition) is 1. The van der Waals surface area contributed by atoms with E-state index >= 15 is 0 Å². The van der Waals surface area contributed by atoms with Gasteiger partial charge in [-0.2, -0.15) is 0 Å². The third-order valence-corrected chi connectivity index (χ3v) is 3.44. The summed E-state index contributed by atoms with van der Waals surface area (Å²) in [5.74, 6) is -0.0145. The summed E-state index contributed by atoms with van der Waals surface area (Å²) in [4.78, 5) is 12.6. The highest BCUT2D eigenvalue weighted by Crippen LogP contribution is 2.14. The van der Waals surface area contributed by atoms with Gasteiger partial charge in [-0.1, -0.05) is 5.21 Å². The predicted octanol–water partition coefficient (Wildman–Crippen LogP) is 0.667. The Morgan fingerprint density at radius 1 is 1.45 bits per heavy atom. The van der Waals surface area contributed by atoms with Gasteiger partial charge in [-0.15, -0.1) is 5.10 Å². The Kier molecular flexibility index (Phi) is 3.62. The molecule has 7 heteroatoms. The predicted molar refractivity (Wildman–Crippen MR) is 73.0 cm³/mol. The minimum atomic E-state index is -0.0145. The number of aromatic amines is 1. The number of aromatic nitrogens is 3. The average Bonchev–Trinajstić information content (AvgIpc) is 2.96. The van der Waals surface area contributed by atoms with Crippen LogP contribution in [0.25, 0.3) is 11.0 Å². The molecule has 3 rings (SSSR count). The molecule has 2 heterocycles. The van der Waals surface area contributed by atoms with Crippen LogP contribution in [0.2, 0.25) is 0 Å². The van der Waals surface area contributed by atoms with E-state index in [1.54, 1.807) is 17.1 Å². The summed E-state index contributed by atoms with van der Waals surface area (Å²) >= 11 is 0. The van der Waals surface area contributed by atoms with E-state index in [-0.39, 0.29) is 5.91 Å². The third kappa shape index (κ3) is 2.37. The zero-order valence-corrected chi connectivity index (χ0v) is 11.4. The van der Waals surface area contributed by atoms with Gasteiger partial charge in [0.2, 0.25) is 0 Å². The summed E-state index contributed by atoms with van der Waals surface area (Å²) < 4.78 is 5.33. The van der Waals surface area contributed by atoms with Crippen LogP contribution in [0.5, 0.6) is 0 Å². The third-order valence-electron chi connectivity index (χ3n) is 3.44. The maximum Gasteiger partial charge on any atom is 0.268 e. The molecule has 0 atom stereocenters. The van der Waals surface area contributed by atoms with Crippen molar-refractivity contribution < 1.29 is 9.53 Å². The molecular weight excluding hydrogens is 258 g/mol. The standard InChI is InChI=1S/C13H17N5O2/c1-2-18(17-5-7-20-8-6-17)13(19)10-3-4-11-12(9-10)15-16-14-11/h3-4,9H,2,5-8H2,1H3,(H,14,15,16). The van der Waals surface area contributed by atoms with Crippen molar-refractivity contribution in [1.29, 1.82) is 0 Å². The fourth-order valence-corrected chi connectivity index (χ4v) is 2.39. The van der Waals surface area contributed by atoms with E-state index in [2.05, 4.69) is 15.4 Å². The second-order valence-corrected chi connectivity index (χ2v) is 4.63. The lowest BCUT2D eigenvalue weighted by Crippen LogP contribution is -2.51. The van der Waals surface area contributed by atoms with Gasteiger partial charge in [0.25, 0.3) is 5.91 Å². The molecule has 1 saturated heterocycles. The number of benzene rings is 1. The lowest BCUT2D eigenvalue weighted by molar-refractivity contribution is -0.0675. The molecule has 0 saturated carbocycles. The summed E-state index contributed by atoms with van der Waals surface area (Å²) in [6.07, 6.45) is 0. The van der Waals surface area contributed by atoms with Crippen molar-refractivity contribution >= 4 is 16.9 Å². The molecule has 106 valence electrons. The van der Waals surface area contributed by atoms with Crippen LogP contribution in [0, 0.1) is 0 Å². The first kappa shape index (κ1) is 13.0. The van der Waals surface area contributed by atoms with Gasteiger partial charge >= 0.3 is 0 Å². The number of hydrogen-bond acceptors (Lipinski definition) is 5. The Morgan fingerprint density at radius 2 is 2.25 bits per heavy atom. The molecule has 0 unspecified atom stereocenters. The van der Waals surface area contributed by atoms with E-state index in [4.69, 9.17) is 4.74 Å². The van der Waals surface area contributed by atoms with Crippen LogP contribution >= 0.6 is 0 Å². The fraction of sp³-hybridized carbons (Fsp3) is 0.462. The van der Waals surface area contributed by atoms with E-state index in [1.807, 2.05) is 18.0 Å². The molecule has 0 aliphatic carbocycles. The summed E-state index contributed by atoms with van der Waals surface area (Å²) in [6.45, 7) is 5.41. The van der Waals surface area contributed by atoms with E-state index in [1.165, 1.54) is 0 Å². The van der Waals surface area contributed by atoms with E-state index in [0.29, 0.717) is 30.8 Å². The second-order valence-electron chi connectivity index (χ2n) is 4.63. The first-order valence-electron chi connectivity index (χ1n) is 6.75. The van der Waals surface area contributed by atoms with E-state index < -0.39 is 0 Å². The number of amides is 1. The highest BCUT2D eigenvalue weighted by atomic mass is 16.5. The van der Waals surface area contributed by atoms with Crippen LogP contribution < -0.4 is 0 Å². The Balaban J connectivity index is 1.84. The van der Waals surface area contributed by atoms with Gasteiger partial charge in [0.15, 0.2) is 0 Å². The molecule has 1 amide bonds. The Morgan fingerprint density at radius 3 is 3.00 bits per heavy atom. The van der Waals surface area contributed by atoms with Crippen molar-refractivity contribution in [1.82, 2.24) is 25.4 Å². The lowest BCUT2D eigenvalue weighted by atomic mass is 10.2. The first-order valence-corrected chi connectivity index (χ1v) is 6.75. The molecule has 20 heavy (non-hydrogen) atoms. The largest absolute Gasteiger partial charge is 0.379 e. The molecule has 1 aliphatic rings. The van der Waals surface area contributed by atoms with Crippen molar-refractivity contribution in [2.24, 2.45) is 0 Å². The first-order chi connectivity index (χ1) is 9.79. The zero-order valence-electron chi connectivity index (χ0n) is 11.4. The summed E-state index contributed by atoms with van der Waals surface area (Å²) in [5.41, 5.74) is 2.16. The van der Waals surface area contributed by atoms with Crippen LogP contribution in [0.1, 0.15) is 17.3 Å². The van der Waals surface area contributed by atoms with Crippen LogP contribution in [-0.2, 0) is 4.74 Å². The minimum absolute atomic E-state index is 0.0145. The van der Waals surface area contributed by atoms with Crippen molar-refractivity contribution in [3.05, 3.63) is 23.8 Å². The minimum Gasteiger partial charge on any atom is -0.379 e. The van der Waals surface area contributed by atoms with Crippen molar-refractivity contribution in [3.63, 3.8) is 0 Å². The Bertz CT molecular complexity index is 606. The van der Waals surface area contributed by atoms with Gasteiger partial charge in [0.05, 0.1) is 18.7 Å². The number of nitrogens with zero attached hydrogens (tertiary/aromatic N) is 4. The lowest BCUT2D eigenvalue weighted by Gasteiger charge is -2.36. The molecule has 0 radical (unpaired) electrons. The highest BCUT2D eigenvalue weighted by Gasteiger charge is 2.23. The molecular formula is C13H17N5O2. The topological polar surface area (TPSA) is 74.4 Å². The molecule has 1 fully saturated rings. The number of ether oxygens (including phenoxy) is 1. The quantitative estimate of drug-likeness (QED) is 0.891. The van der Waals surface area contributed by atoms with Crippen molar-refractivity contribution in [3.8, 4) is 0 Å². The number of rotatable bonds is 3. The van der Waals surface area contributed by atoms with Crippen molar-refractivity contribution in [2.45, 2.75) is 6.92 Å². The fourth-order valence-electron chi connectivity index (χ4n) is 2.39. The van der Waals surface area contributed by atoms with Gasteiger partial charge in [-0.25, -0.2) is 5.01 Å². The number of morpholine rings is 1. The van der Waals surface area contributed by atoms with E-state index in [0.717, 1.165) is 18.6 Å².